The summed E-state index contributed by atoms with van der Waals surface area (Å²) in [5.74, 6) is 0. The number of hydrogen-bond donors (Lipinski definition) is 0. The van der Waals surface area contributed by atoms with Gasteiger partial charge in [0.05, 0.1) is 0 Å². The van der Waals surface area contributed by atoms with Crippen molar-refractivity contribution in [3.8, 4) is 11.1 Å². The number of benzene rings is 2. The predicted octanol–water partition coefficient (Wildman–Crippen LogP) is -0.886. The minimum atomic E-state index is -0.537. The third-order valence-electron chi connectivity index (χ3n) is 4.13. The Hall–Kier alpha value is 0.0800. The van der Waals surface area contributed by atoms with E-state index in [2.05, 4.69) is 85.2 Å². The average Bonchev–Trinajstić information content (AvgIpc) is 2.78. The second-order valence-corrected chi connectivity index (χ2v) is 19.7. The second-order valence-electron chi connectivity index (χ2n) is 7.23. The Bertz CT molecular complexity index is 691. The minimum absolute atomic E-state index is 0. The fourth-order valence-corrected chi connectivity index (χ4v) is 11.9. The minimum Gasteiger partial charge on any atom is -1.00 e. The van der Waals surface area contributed by atoms with Gasteiger partial charge >= 0.3 is 147 Å². The normalized spacial score (nSPS) is 12.6. The van der Waals surface area contributed by atoms with Gasteiger partial charge in [0.15, 0.2) is 0 Å². The molecule has 1 aliphatic rings. The van der Waals surface area contributed by atoms with E-state index in [4.69, 9.17) is 0 Å². The first-order valence-electron chi connectivity index (χ1n) is 7.94. The maximum atomic E-state index is 2.88. The zero-order valence-electron chi connectivity index (χ0n) is 14.9. The van der Waals surface area contributed by atoms with Crippen LogP contribution in [0.4, 0.5) is 0 Å². The molecule has 0 saturated carbocycles. The van der Waals surface area contributed by atoms with Gasteiger partial charge in [0.2, 0.25) is 0 Å². The molecule has 0 amide bonds. The van der Waals surface area contributed by atoms with Crippen molar-refractivity contribution >= 4 is 5.43 Å². The zero-order valence-corrected chi connectivity index (χ0v) is 19.9. The fourth-order valence-electron chi connectivity index (χ4n) is 3.27. The van der Waals surface area contributed by atoms with E-state index in [1.54, 1.807) is 0 Å². The maximum Gasteiger partial charge on any atom is -1.00 e. The van der Waals surface area contributed by atoms with Gasteiger partial charge in [0.25, 0.3) is 0 Å². The van der Waals surface area contributed by atoms with Crippen LogP contribution in [0.25, 0.3) is 11.1 Å². The van der Waals surface area contributed by atoms with E-state index < -0.39 is 22.1 Å². The summed E-state index contributed by atoms with van der Waals surface area (Å²) in [5.41, 5.74) is 6.00. The monoisotopic (exact) mass is 454 g/mol. The van der Waals surface area contributed by atoms with Crippen molar-refractivity contribution < 1.29 is 47.0 Å². The van der Waals surface area contributed by atoms with Crippen molar-refractivity contribution in [3.05, 3.63) is 59.7 Å². The van der Waals surface area contributed by atoms with Crippen LogP contribution in [0.15, 0.2) is 48.5 Å². The largest absolute Gasteiger partial charge is 1.00 e. The van der Waals surface area contributed by atoms with Gasteiger partial charge in [-0.25, -0.2) is 0 Å². The number of fused-ring (bicyclic) bond motifs is 3. The second kappa shape index (κ2) is 8.64. The molecule has 0 N–H and O–H groups in total. The molecule has 0 radical (unpaired) electrons. The Morgan fingerprint density at radius 2 is 1.25 bits per heavy atom. The molecule has 0 bridgehead atoms. The first-order chi connectivity index (χ1) is 10.4. The van der Waals surface area contributed by atoms with Crippen LogP contribution in [0.2, 0.25) is 13.1 Å². The molecular weight excluding hydrogens is 432 g/mol. The molecule has 1 nitrogen and oxygen atoms in total. The molecule has 5 heteroatoms. The van der Waals surface area contributed by atoms with Gasteiger partial charge in [-0.15, -0.1) is 0 Å². The van der Waals surface area contributed by atoms with Crippen LogP contribution in [-0.2, 0) is 22.1 Å². The molecule has 0 atom stereocenters. The fraction of sp³-hybridized carbons (Fsp3) is 0.368. The standard InChI is InChI=1S/C17H18N.C2H6Si.2ClH.Zr/c1-17(2,3)18-16-14-10-6-4-8-12(14)13-9-5-7-11-15(13)16;1-3-2;;;/h4-11,16H,1-3H3;1-2H3;2*1H;/q-1;;;;+3/p-2. The number of halogens is 2. The van der Waals surface area contributed by atoms with E-state index in [0.29, 0.717) is 6.04 Å². The summed E-state index contributed by atoms with van der Waals surface area (Å²) in [6.45, 7) is 12.2. The Labute approximate surface area is 170 Å². The molecule has 2 aromatic carbocycles. The van der Waals surface area contributed by atoms with Crippen LogP contribution < -0.4 is 24.8 Å². The summed E-state index contributed by atoms with van der Waals surface area (Å²) in [6, 6.07) is 18.5. The molecule has 0 heterocycles. The van der Waals surface area contributed by atoms with E-state index >= 15 is 0 Å². The average molecular weight is 457 g/mol. The Kier molecular flexibility index (Phi) is 7.97. The van der Waals surface area contributed by atoms with Crippen LogP contribution in [0.3, 0.4) is 0 Å². The third-order valence-corrected chi connectivity index (χ3v) is 12.2. The van der Waals surface area contributed by atoms with Gasteiger partial charge in [-0.1, -0.05) is 0 Å². The van der Waals surface area contributed by atoms with Gasteiger partial charge in [-0.2, -0.15) is 0 Å². The molecule has 0 saturated heterocycles. The molecule has 127 valence electrons. The van der Waals surface area contributed by atoms with E-state index in [1.165, 1.54) is 22.3 Å². The summed E-state index contributed by atoms with van der Waals surface area (Å²) in [6.07, 6.45) is 0. The summed E-state index contributed by atoms with van der Waals surface area (Å²) in [4.78, 5) is 0. The van der Waals surface area contributed by atoms with E-state index in [1.807, 2.05) is 0 Å². The summed E-state index contributed by atoms with van der Waals surface area (Å²) in [7, 11) is 0. The van der Waals surface area contributed by atoms with Crippen molar-refractivity contribution in [3.63, 3.8) is 0 Å². The Morgan fingerprint density at radius 1 is 0.833 bits per heavy atom. The molecule has 0 aliphatic heterocycles. The first kappa shape index (κ1) is 22.1. The van der Waals surface area contributed by atoms with E-state index in [-0.39, 0.29) is 35.8 Å². The number of rotatable bonds is 2. The van der Waals surface area contributed by atoms with Gasteiger partial charge < -0.3 is 24.8 Å². The maximum absolute atomic E-state index is 2.88. The van der Waals surface area contributed by atoms with E-state index in [9.17, 15) is 0 Å². The molecule has 1 aliphatic carbocycles. The van der Waals surface area contributed by atoms with E-state index in [0.717, 1.165) is 0 Å². The molecule has 0 spiro atoms. The van der Waals surface area contributed by atoms with Crippen molar-refractivity contribution in [1.29, 1.82) is 0 Å². The summed E-state index contributed by atoms with van der Waals surface area (Å²) >= 11 is -0.537. The SMILES string of the molecule is C[Si](C)=[Zr+2][N](C1c2ccccc2-c2ccccc21)C(C)(C)C.[Cl-].[Cl-]. The third kappa shape index (κ3) is 4.24. The van der Waals surface area contributed by atoms with Crippen LogP contribution in [0, 0.1) is 0 Å². The number of nitrogens with zero attached hydrogens (tertiary/aromatic N) is 1. The van der Waals surface area contributed by atoms with Crippen molar-refractivity contribution in [2.24, 2.45) is 0 Å². The molecule has 24 heavy (non-hydrogen) atoms. The Morgan fingerprint density at radius 3 is 1.62 bits per heavy atom. The Balaban J connectivity index is 0.00000144. The van der Waals surface area contributed by atoms with Gasteiger partial charge in [0, 0.05) is 0 Å². The van der Waals surface area contributed by atoms with Crippen LogP contribution >= 0.6 is 0 Å². The molecule has 0 aromatic heterocycles. The van der Waals surface area contributed by atoms with Gasteiger partial charge in [-0.05, 0) is 0 Å². The molecule has 0 fully saturated rings. The molecule has 0 unspecified atom stereocenters. The molecular formula is C19H24Cl2NSiZr. The first-order valence-corrected chi connectivity index (χ1v) is 15.2. The van der Waals surface area contributed by atoms with Crippen LogP contribution in [0.1, 0.15) is 37.9 Å². The van der Waals surface area contributed by atoms with Crippen molar-refractivity contribution in [2.75, 3.05) is 0 Å². The zero-order chi connectivity index (χ0) is 15.9. The van der Waals surface area contributed by atoms with Gasteiger partial charge in [0.1, 0.15) is 0 Å². The van der Waals surface area contributed by atoms with Gasteiger partial charge in [-0.3, -0.25) is 0 Å². The van der Waals surface area contributed by atoms with Crippen LogP contribution in [0.5, 0.6) is 0 Å². The molecule has 3 rings (SSSR count). The quantitative estimate of drug-likeness (QED) is 0.531. The predicted molar refractivity (Wildman–Crippen MR) is 92.8 cm³/mol. The topological polar surface area (TPSA) is 3.24 Å². The van der Waals surface area contributed by atoms with Crippen LogP contribution in [-0.4, -0.2) is 13.8 Å². The number of hydrogen-bond acceptors (Lipinski definition) is 1. The van der Waals surface area contributed by atoms with Crippen molar-refractivity contribution in [2.45, 2.75) is 45.4 Å². The summed E-state index contributed by atoms with van der Waals surface area (Å²) < 4.78 is 2.88. The summed E-state index contributed by atoms with van der Waals surface area (Å²) in [5, 5.41) is 0. The smallest absolute Gasteiger partial charge is 1.00 e. The van der Waals surface area contributed by atoms with Crippen molar-refractivity contribution in [1.82, 2.24) is 2.84 Å². The molecule has 2 aromatic rings.